The molecule has 6 heteroatoms. The molecule has 0 atom stereocenters. The third-order valence-corrected chi connectivity index (χ3v) is 5.17. The van der Waals surface area contributed by atoms with Crippen LogP contribution in [0, 0.1) is 0 Å². The number of carbonyl (C=O) groups excluding carboxylic acids is 1. The maximum absolute atomic E-state index is 12.4. The molecular weight excluding hydrogens is 448 g/mol. The largest absolute Gasteiger partial charge is 0.489 e. The Morgan fingerprint density at radius 2 is 1.44 bits per heavy atom. The Kier molecular flexibility index (Phi) is 7.93. The molecule has 4 aromatic rings. The van der Waals surface area contributed by atoms with Crippen LogP contribution in [0.3, 0.4) is 0 Å². The first-order chi connectivity index (χ1) is 16.7. The molecular formula is C28H23ClN2O3. The third kappa shape index (κ3) is 6.95. The zero-order chi connectivity index (χ0) is 23.6. The van der Waals surface area contributed by atoms with E-state index in [1.165, 1.54) is 0 Å². The molecule has 0 bridgehead atoms. The van der Waals surface area contributed by atoms with E-state index in [2.05, 4.69) is 10.5 Å². The monoisotopic (exact) mass is 470 g/mol. The number of carbonyl (C=O) groups is 1. The summed E-state index contributed by atoms with van der Waals surface area (Å²) in [5.74, 6) is 1.09. The van der Waals surface area contributed by atoms with Crippen LogP contribution in [-0.4, -0.2) is 12.1 Å². The van der Waals surface area contributed by atoms with E-state index < -0.39 is 0 Å². The number of ether oxygens (including phenoxy) is 2. The highest BCUT2D eigenvalue weighted by Crippen LogP contribution is 2.16. The van der Waals surface area contributed by atoms with Crippen molar-refractivity contribution in [2.45, 2.75) is 13.2 Å². The maximum atomic E-state index is 12.4. The van der Waals surface area contributed by atoms with Gasteiger partial charge in [0, 0.05) is 10.6 Å². The molecule has 1 amide bonds. The molecule has 34 heavy (non-hydrogen) atoms. The molecule has 0 radical (unpaired) electrons. The van der Waals surface area contributed by atoms with Crippen molar-refractivity contribution in [2.24, 2.45) is 5.10 Å². The lowest BCUT2D eigenvalue weighted by molar-refractivity contribution is 0.0955. The number of nitrogens with one attached hydrogen (secondary N) is 1. The lowest BCUT2D eigenvalue weighted by Gasteiger charge is -2.07. The number of hydrogen-bond donors (Lipinski definition) is 1. The van der Waals surface area contributed by atoms with E-state index in [1.807, 2.05) is 78.9 Å². The molecule has 0 aromatic heterocycles. The van der Waals surface area contributed by atoms with Crippen molar-refractivity contribution < 1.29 is 14.3 Å². The summed E-state index contributed by atoms with van der Waals surface area (Å²) < 4.78 is 11.6. The summed E-state index contributed by atoms with van der Waals surface area (Å²) in [5, 5.41) is 4.75. The summed E-state index contributed by atoms with van der Waals surface area (Å²) in [5.41, 5.74) is 5.94. The first-order valence-electron chi connectivity index (χ1n) is 10.7. The number of benzene rings is 4. The minimum atomic E-state index is -0.308. The molecule has 0 unspecified atom stereocenters. The second-order valence-corrected chi connectivity index (χ2v) is 7.92. The van der Waals surface area contributed by atoms with Gasteiger partial charge in [-0.2, -0.15) is 5.10 Å². The Hall–Kier alpha value is -4.09. The van der Waals surface area contributed by atoms with Gasteiger partial charge in [0.15, 0.2) is 0 Å². The van der Waals surface area contributed by atoms with Gasteiger partial charge in [-0.3, -0.25) is 4.79 Å². The topological polar surface area (TPSA) is 59.9 Å². The van der Waals surface area contributed by atoms with Crippen LogP contribution < -0.4 is 14.9 Å². The highest BCUT2D eigenvalue weighted by Gasteiger charge is 2.05. The predicted molar refractivity (Wildman–Crippen MR) is 135 cm³/mol. The maximum Gasteiger partial charge on any atom is 0.271 e. The van der Waals surface area contributed by atoms with E-state index in [1.54, 1.807) is 30.5 Å². The molecule has 0 aliphatic carbocycles. The smallest absolute Gasteiger partial charge is 0.271 e. The summed E-state index contributed by atoms with van der Waals surface area (Å²) >= 11 is 5.89. The summed E-state index contributed by atoms with van der Waals surface area (Å²) in [6, 6.07) is 31.8. The average Bonchev–Trinajstić information content (AvgIpc) is 2.88. The van der Waals surface area contributed by atoms with E-state index in [-0.39, 0.29) is 5.91 Å². The molecule has 5 nitrogen and oxygen atoms in total. The van der Waals surface area contributed by atoms with E-state index in [0.29, 0.717) is 29.5 Å². The van der Waals surface area contributed by atoms with E-state index >= 15 is 0 Å². The first-order valence-corrected chi connectivity index (χ1v) is 11.1. The molecule has 170 valence electrons. The molecule has 0 spiro atoms. The average molecular weight is 471 g/mol. The van der Waals surface area contributed by atoms with Crippen LogP contribution in [0.4, 0.5) is 0 Å². The summed E-state index contributed by atoms with van der Waals surface area (Å²) in [6.45, 7) is 0.902. The Bertz CT molecular complexity index is 1240. The van der Waals surface area contributed by atoms with Gasteiger partial charge in [-0.1, -0.05) is 66.2 Å². The fourth-order valence-corrected chi connectivity index (χ4v) is 3.23. The molecule has 0 heterocycles. The van der Waals surface area contributed by atoms with Gasteiger partial charge in [-0.15, -0.1) is 0 Å². The van der Waals surface area contributed by atoms with Gasteiger partial charge in [0.2, 0.25) is 0 Å². The van der Waals surface area contributed by atoms with Crippen molar-refractivity contribution in [1.82, 2.24) is 5.43 Å². The summed E-state index contributed by atoms with van der Waals surface area (Å²) in [4.78, 5) is 12.4. The van der Waals surface area contributed by atoms with Crippen molar-refractivity contribution in [3.63, 3.8) is 0 Å². The van der Waals surface area contributed by atoms with E-state index in [4.69, 9.17) is 21.1 Å². The number of nitrogens with zero attached hydrogens (tertiary/aromatic N) is 1. The predicted octanol–water partition coefficient (Wildman–Crippen LogP) is 6.26. The molecule has 0 aliphatic rings. The Balaban J connectivity index is 1.26. The second kappa shape index (κ2) is 11.7. The van der Waals surface area contributed by atoms with Gasteiger partial charge in [-0.25, -0.2) is 5.43 Å². The molecule has 4 aromatic carbocycles. The van der Waals surface area contributed by atoms with Crippen LogP contribution in [0.1, 0.15) is 27.0 Å². The van der Waals surface area contributed by atoms with Crippen LogP contribution in [0.2, 0.25) is 5.02 Å². The van der Waals surface area contributed by atoms with E-state index in [0.717, 1.165) is 22.4 Å². The van der Waals surface area contributed by atoms with Crippen molar-refractivity contribution in [2.75, 3.05) is 0 Å². The fourth-order valence-electron chi connectivity index (χ4n) is 3.11. The highest BCUT2D eigenvalue weighted by molar-refractivity contribution is 6.30. The Morgan fingerprint density at radius 3 is 2.18 bits per heavy atom. The van der Waals surface area contributed by atoms with E-state index in [9.17, 15) is 4.79 Å². The minimum Gasteiger partial charge on any atom is -0.489 e. The van der Waals surface area contributed by atoms with Crippen LogP contribution >= 0.6 is 11.6 Å². The molecule has 1 N–H and O–H groups in total. The zero-order valence-electron chi connectivity index (χ0n) is 18.4. The number of amides is 1. The van der Waals surface area contributed by atoms with Crippen molar-refractivity contribution >= 4 is 23.7 Å². The molecule has 4 rings (SSSR count). The number of hydrazone groups is 1. The summed E-state index contributed by atoms with van der Waals surface area (Å²) in [7, 11) is 0. The standard InChI is InChI=1S/C28H23ClN2O3/c29-25-13-9-22(10-14-25)20-33-26-15-11-24(12-16-26)28(32)31-30-18-23-7-4-8-27(17-23)34-19-21-5-2-1-3-6-21/h1-18H,19-20H2,(H,31,32)/b30-18-. The van der Waals surface area contributed by atoms with Gasteiger partial charge in [0.25, 0.3) is 5.91 Å². The number of rotatable bonds is 9. The molecule has 0 saturated carbocycles. The number of halogens is 1. The van der Waals surface area contributed by atoms with Crippen LogP contribution in [0.15, 0.2) is 108 Å². The SMILES string of the molecule is O=C(N/N=C\c1cccc(OCc2ccccc2)c1)c1ccc(OCc2ccc(Cl)cc2)cc1. The Labute approximate surface area is 203 Å². The molecule has 0 fully saturated rings. The Morgan fingerprint density at radius 1 is 0.765 bits per heavy atom. The number of hydrogen-bond acceptors (Lipinski definition) is 4. The minimum absolute atomic E-state index is 0.308. The quantitative estimate of drug-likeness (QED) is 0.232. The second-order valence-electron chi connectivity index (χ2n) is 7.49. The van der Waals surface area contributed by atoms with Crippen molar-refractivity contribution in [3.05, 3.63) is 130 Å². The van der Waals surface area contributed by atoms with Gasteiger partial charge in [0.05, 0.1) is 6.21 Å². The fraction of sp³-hybridized carbons (Fsp3) is 0.0714. The van der Waals surface area contributed by atoms with Crippen LogP contribution in [0.25, 0.3) is 0 Å². The highest BCUT2D eigenvalue weighted by atomic mass is 35.5. The zero-order valence-corrected chi connectivity index (χ0v) is 19.1. The van der Waals surface area contributed by atoms with Gasteiger partial charge in [-0.05, 0) is 65.2 Å². The van der Waals surface area contributed by atoms with Crippen molar-refractivity contribution in [3.8, 4) is 11.5 Å². The lowest BCUT2D eigenvalue weighted by Crippen LogP contribution is -2.17. The lowest BCUT2D eigenvalue weighted by atomic mass is 10.2. The normalized spacial score (nSPS) is 10.7. The van der Waals surface area contributed by atoms with Crippen LogP contribution in [-0.2, 0) is 13.2 Å². The summed E-state index contributed by atoms with van der Waals surface area (Å²) in [6.07, 6.45) is 1.58. The van der Waals surface area contributed by atoms with Gasteiger partial charge < -0.3 is 9.47 Å². The first kappa shape index (κ1) is 23.1. The third-order valence-electron chi connectivity index (χ3n) is 4.92. The molecule has 0 aliphatic heterocycles. The van der Waals surface area contributed by atoms with Gasteiger partial charge in [0.1, 0.15) is 24.7 Å². The molecule has 0 saturated heterocycles. The van der Waals surface area contributed by atoms with Crippen LogP contribution in [0.5, 0.6) is 11.5 Å². The van der Waals surface area contributed by atoms with Gasteiger partial charge >= 0.3 is 0 Å². The van der Waals surface area contributed by atoms with Crippen molar-refractivity contribution in [1.29, 1.82) is 0 Å².